The number of benzene rings is 2. The smallest absolute Gasteiger partial charge is 0.313 e. The number of non-ortho nitro benzene ring substituents is 1. The van der Waals surface area contributed by atoms with E-state index in [0.717, 1.165) is 14.7 Å². The molecule has 0 aliphatic heterocycles. The van der Waals surface area contributed by atoms with Crippen LogP contribution in [0, 0.1) is 23.8 Å². The lowest BCUT2D eigenvalue weighted by Gasteiger charge is -2.09. The third kappa shape index (κ3) is 5.47. The standard InChI is InChI=1S/C19H14IN5O5/c20-16-10-14(11-22-23-19-17(25(28)29)2-1-9-21-19)5-8-18(16)30-12-13-3-6-15(7-4-13)24(26)27/h1-11H,12H2,(H,21,23)/b22-11-. The second-order valence-electron chi connectivity index (χ2n) is 5.90. The molecular formula is C19H14IN5O5. The van der Waals surface area contributed by atoms with Gasteiger partial charge in [0.25, 0.3) is 5.69 Å². The molecule has 2 aromatic carbocycles. The first-order valence-electron chi connectivity index (χ1n) is 8.48. The highest BCUT2D eigenvalue weighted by Crippen LogP contribution is 2.24. The zero-order chi connectivity index (χ0) is 21.5. The van der Waals surface area contributed by atoms with Crippen LogP contribution in [-0.2, 0) is 6.61 Å². The van der Waals surface area contributed by atoms with Gasteiger partial charge < -0.3 is 4.74 Å². The van der Waals surface area contributed by atoms with Crippen molar-refractivity contribution in [1.29, 1.82) is 0 Å². The Labute approximate surface area is 184 Å². The Morgan fingerprint density at radius 2 is 1.87 bits per heavy atom. The van der Waals surface area contributed by atoms with Crippen molar-refractivity contribution in [2.45, 2.75) is 6.61 Å². The number of hydrazone groups is 1. The van der Waals surface area contributed by atoms with Crippen LogP contribution in [0.25, 0.3) is 0 Å². The minimum absolute atomic E-state index is 0.0293. The van der Waals surface area contributed by atoms with Crippen molar-refractivity contribution in [3.05, 3.63) is 95.7 Å². The van der Waals surface area contributed by atoms with Gasteiger partial charge in [0.05, 0.1) is 19.6 Å². The number of hydrogen-bond acceptors (Lipinski definition) is 8. The molecule has 3 aromatic rings. The number of aromatic nitrogens is 1. The topological polar surface area (TPSA) is 133 Å². The van der Waals surface area contributed by atoms with Gasteiger partial charge in [-0.25, -0.2) is 4.98 Å². The number of ether oxygens (including phenoxy) is 1. The molecule has 0 saturated carbocycles. The number of nitrogens with one attached hydrogen (secondary N) is 1. The first-order valence-corrected chi connectivity index (χ1v) is 9.56. The summed E-state index contributed by atoms with van der Waals surface area (Å²) < 4.78 is 6.61. The predicted octanol–water partition coefficient (Wildman–Crippen LogP) is 4.53. The molecule has 0 saturated heterocycles. The maximum Gasteiger partial charge on any atom is 0.313 e. The van der Waals surface area contributed by atoms with Gasteiger partial charge in [-0.1, -0.05) is 0 Å². The van der Waals surface area contributed by atoms with Gasteiger partial charge in [0.1, 0.15) is 12.4 Å². The van der Waals surface area contributed by atoms with Crippen LogP contribution in [0.1, 0.15) is 11.1 Å². The third-order valence-corrected chi connectivity index (χ3v) is 4.71. The van der Waals surface area contributed by atoms with Gasteiger partial charge in [0.15, 0.2) is 0 Å². The fraction of sp³-hybridized carbons (Fsp3) is 0.0526. The van der Waals surface area contributed by atoms with Gasteiger partial charge in [-0.05, 0) is 70.1 Å². The highest BCUT2D eigenvalue weighted by molar-refractivity contribution is 14.1. The molecule has 0 fully saturated rings. The Bertz CT molecular complexity index is 1100. The average Bonchev–Trinajstić information content (AvgIpc) is 2.73. The van der Waals surface area contributed by atoms with E-state index >= 15 is 0 Å². The molecule has 1 heterocycles. The first-order chi connectivity index (χ1) is 14.4. The average molecular weight is 519 g/mol. The second-order valence-corrected chi connectivity index (χ2v) is 7.06. The van der Waals surface area contributed by atoms with Gasteiger partial charge in [-0.15, -0.1) is 0 Å². The molecule has 152 valence electrons. The molecule has 0 aliphatic carbocycles. The molecule has 0 bridgehead atoms. The molecule has 1 aromatic heterocycles. The number of pyridine rings is 1. The molecular weight excluding hydrogens is 505 g/mol. The SMILES string of the molecule is O=[N+]([O-])c1ccc(COc2ccc(/C=N\Nc3ncccc3[N+](=O)[O-])cc2I)cc1. The first kappa shape index (κ1) is 21.1. The van der Waals surface area contributed by atoms with Crippen LogP contribution < -0.4 is 10.2 Å². The Morgan fingerprint density at radius 1 is 1.10 bits per heavy atom. The fourth-order valence-electron chi connectivity index (χ4n) is 2.39. The van der Waals surface area contributed by atoms with Crippen LogP contribution >= 0.6 is 22.6 Å². The van der Waals surface area contributed by atoms with E-state index in [9.17, 15) is 20.2 Å². The zero-order valence-electron chi connectivity index (χ0n) is 15.3. The van der Waals surface area contributed by atoms with E-state index in [1.54, 1.807) is 24.3 Å². The Hall–Kier alpha value is -3.61. The van der Waals surface area contributed by atoms with Crippen molar-refractivity contribution >= 4 is 46.0 Å². The summed E-state index contributed by atoms with van der Waals surface area (Å²) in [6, 6.07) is 14.4. The summed E-state index contributed by atoms with van der Waals surface area (Å²) in [5.41, 5.74) is 4.00. The van der Waals surface area contributed by atoms with Crippen LogP contribution in [0.4, 0.5) is 17.2 Å². The predicted molar refractivity (Wildman–Crippen MR) is 119 cm³/mol. The van der Waals surface area contributed by atoms with E-state index in [0.29, 0.717) is 5.75 Å². The van der Waals surface area contributed by atoms with Crippen molar-refractivity contribution in [2.75, 3.05) is 5.43 Å². The maximum atomic E-state index is 11.0. The zero-order valence-corrected chi connectivity index (χ0v) is 17.4. The number of nitro benzene ring substituents is 1. The van der Waals surface area contributed by atoms with Gasteiger partial charge in [-0.3, -0.25) is 25.7 Å². The van der Waals surface area contributed by atoms with E-state index in [2.05, 4.69) is 38.1 Å². The molecule has 0 unspecified atom stereocenters. The third-order valence-electron chi connectivity index (χ3n) is 3.86. The number of nitrogens with zero attached hydrogens (tertiary/aromatic N) is 4. The summed E-state index contributed by atoms with van der Waals surface area (Å²) in [4.78, 5) is 24.6. The Kier molecular flexibility index (Phi) is 6.85. The van der Waals surface area contributed by atoms with Gasteiger partial charge >= 0.3 is 5.69 Å². The molecule has 3 rings (SSSR count). The quantitative estimate of drug-likeness (QED) is 0.200. The molecule has 11 heteroatoms. The largest absolute Gasteiger partial charge is 0.488 e. The van der Waals surface area contributed by atoms with Gasteiger partial charge in [0.2, 0.25) is 5.82 Å². The lowest BCUT2D eigenvalue weighted by Crippen LogP contribution is -2.00. The van der Waals surface area contributed by atoms with E-state index in [-0.39, 0.29) is 23.8 Å². The number of nitro groups is 2. The van der Waals surface area contributed by atoms with Crippen molar-refractivity contribution in [3.63, 3.8) is 0 Å². The summed E-state index contributed by atoms with van der Waals surface area (Å²) in [6.45, 7) is 0.270. The van der Waals surface area contributed by atoms with E-state index in [1.165, 1.54) is 36.7 Å². The monoisotopic (exact) mass is 519 g/mol. The summed E-state index contributed by atoms with van der Waals surface area (Å²) in [5.74, 6) is 0.705. The summed E-state index contributed by atoms with van der Waals surface area (Å²) in [5, 5.41) is 25.7. The number of anilines is 1. The lowest BCUT2D eigenvalue weighted by atomic mass is 10.2. The van der Waals surface area contributed by atoms with Crippen LogP contribution in [0.5, 0.6) is 5.75 Å². The molecule has 0 spiro atoms. The molecule has 0 aliphatic rings. The van der Waals surface area contributed by atoms with E-state index < -0.39 is 9.85 Å². The Morgan fingerprint density at radius 3 is 2.53 bits per heavy atom. The minimum Gasteiger partial charge on any atom is -0.488 e. The number of halogens is 1. The van der Waals surface area contributed by atoms with E-state index in [4.69, 9.17) is 4.74 Å². The van der Waals surface area contributed by atoms with Crippen LogP contribution in [0.2, 0.25) is 0 Å². The molecule has 0 amide bonds. The van der Waals surface area contributed by atoms with Crippen LogP contribution in [0.3, 0.4) is 0 Å². The Balaban J connectivity index is 1.61. The van der Waals surface area contributed by atoms with Crippen molar-refractivity contribution < 1.29 is 14.6 Å². The molecule has 0 atom stereocenters. The number of hydrogen-bond donors (Lipinski definition) is 1. The highest BCUT2D eigenvalue weighted by atomic mass is 127. The summed E-state index contributed by atoms with van der Waals surface area (Å²) >= 11 is 2.12. The maximum absolute atomic E-state index is 11.0. The van der Waals surface area contributed by atoms with Gasteiger partial charge in [-0.2, -0.15) is 5.10 Å². The second kappa shape index (κ2) is 9.73. The molecule has 30 heavy (non-hydrogen) atoms. The summed E-state index contributed by atoms with van der Waals surface area (Å²) in [7, 11) is 0. The van der Waals surface area contributed by atoms with Crippen LogP contribution in [-0.4, -0.2) is 21.0 Å². The molecule has 10 nitrogen and oxygen atoms in total. The fourth-order valence-corrected chi connectivity index (χ4v) is 3.08. The van der Waals surface area contributed by atoms with Crippen molar-refractivity contribution in [2.24, 2.45) is 5.10 Å². The molecule has 1 N–H and O–H groups in total. The normalized spacial score (nSPS) is 10.7. The lowest BCUT2D eigenvalue weighted by molar-refractivity contribution is -0.384. The van der Waals surface area contributed by atoms with Crippen molar-refractivity contribution in [3.8, 4) is 5.75 Å². The van der Waals surface area contributed by atoms with Crippen molar-refractivity contribution in [1.82, 2.24) is 4.98 Å². The summed E-state index contributed by atoms with van der Waals surface area (Å²) in [6.07, 6.45) is 2.95. The molecule has 0 radical (unpaired) electrons. The highest BCUT2D eigenvalue weighted by Gasteiger charge is 2.13. The van der Waals surface area contributed by atoms with Crippen LogP contribution in [0.15, 0.2) is 65.9 Å². The van der Waals surface area contributed by atoms with Gasteiger partial charge in [0, 0.05) is 24.4 Å². The minimum atomic E-state index is -0.537. The number of rotatable bonds is 8. The van der Waals surface area contributed by atoms with E-state index in [1.807, 2.05) is 6.07 Å².